The molecule has 3 rings (SSSR count). The molecule has 0 aromatic heterocycles. The molecule has 0 spiro atoms. The number of carbonyl (C=O) groups excluding carboxylic acids is 2. The van der Waals surface area contributed by atoms with Gasteiger partial charge in [-0.25, -0.2) is 4.79 Å². The Morgan fingerprint density at radius 2 is 1.50 bits per heavy atom. The highest BCUT2D eigenvalue weighted by molar-refractivity contribution is 6.06. The quantitative estimate of drug-likeness (QED) is 0.335. The Morgan fingerprint density at radius 1 is 0.821 bits per heavy atom. The van der Waals surface area contributed by atoms with Crippen LogP contribution in [0.15, 0.2) is 84.9 Å². The van der Waals surface area contributed by atoms with Crippen LogP contribution in [0.1, 0.15) is 31.8 Å². The fraction of sp³-hybridized carbons (Fsp3) is 0.0833. The number of methoxy groups -OCH3 is 1. The van der Waals surface area contributed by atoms with Crippen molar-refractivity contribution in [2.75, 3.05) is 7.11 Å². The Bertz CT molecular complexity index is 973. The van der Waals surface area contributed by atoms with Crippen LogP contribution in [0.4, 0.5) is 0 Å². The van der Waals surface area contributed by atoms with E-state index < -0.39 is 0 Å². The summed E-state index contributed by atoms with van der Waals surface area (Å²) in [5.74, 6) is 0.247. The highest BCUT2D eigenvalue weighted by Crippen LogP contribution is 2.21. The van der Waals surface area contributed by atoms with E-state index in [-0.39, 0.29) is 11.8 Å². The number of carbonyl (C=O) groups is 2. The van der Waals surface area contributed by atoms with Gasteiger partial charge in [0, 0.05) is 11.1 Å². The molecule has 4 heteroatoms. The lowest BCUT2D eigenvalue weighted by molar-refractivity contribution is 0.0600. The van der Waals surface area contributed by atoms with Gasteiger partial charge >= 0.3 is 5.97 Å². The van der Waals surface area contributed by atoms with Gasteiger partial charge in [-0.1, -0.05) is 60.7 Å². The van der Waals surface area contributed by atoms with Crippen LogP contribution in [0.3, 0.4) is 0 Å². The minimum Gasteiger partial charge on any atom is -0.488 e. The third-order valence-corrected chi connectivity index (χ3v) is 4.16. The molecule has 140 valence electrons. The van der Waals surface area contributed by atoms with E-state index in [2.05, 4.69) is 0 Å². The summed E-state index contributed by atoms with van der Waals surface area (Å²) in [5, 5.41) is 0. The Kier molecular flexibility index (Phi) is 6.37. The van der Waals surface area contributed by atoms with Crippen LogP contribution in [0.2, 0.25) is 0 Å². The predicted molar refractivity (Wildman–Crippen MR) is 108 cm³/mol. The summed E-state index contributed by atoms with van der Waals surface area (Å²) in [7, 11) is 1.35. The van der Waals surface area contributed by atoms with Crippen LogP contribution in [0.25, 0.3) is 6.08 Å². The summed E-state index contributed by atoms with van der Waals surface area (Å²) in [6.45, 7) is 0.346. The molecule has 28 heavy (non-hydrogen) atoms. The molecular formula is C24H20O4. The molecule has 3 aromatic rings. The highest BCUT2D eigenvalue weighted by atomic mass is 16.5. The number of allylic oxidation sites excluding steroid dienone is 1. The number of hydrogen-bond donors (Lipinski definition) is 0. The van der Waals surface area contributed by atoms with Crippen molar-refractivity contribution < 1.29 is 19.1 Å². The first-order chi connectivity index (χ1) is 13.7. The number of ketones is 1. The lowest BCUT2D eigenvalue weighted by Crippen LogP contribution is -2.02. The van der Waals surface area contributed by atoms with E-state index >= 15 is 0 Å². The topological polar surface area (TPSA) is 52.6 Å². The van der Waals surface area contributed by atoms with E-state index in [0.717, 1.165) is 11.1 Å². The van der Waals surface area contributed by atoms with Gasteiger partial charge < -0.3 is 9.47 Å². The van der Waals surface area contributed by atoms with Crippen LogP contribution in [-0.4, -0.2) is 18.9 Å². The monoisotopic (exact) mass is 372 g/mol. The second kappa shape index (κ2) is 9.33. The van der Waals surface area contributed by atoms with Crippen LogP contribution in [0.5, 0.6) is 5.75 Å². The number of esters is 1. The summed E-state index contributed by atoms with van der Waals surface area (Å²) < 4.78 is 10.6. The van der Waals surface area contributed by atoms with Gasteiger partial charge in [0.05, 0.1) is 12.7 Å². The van der Waals surface area contributed by atoms with Crippen LogP contribution < -0.4 is 4.74 Å². The molecule has 0 amide bonds. The van der Waals surface area contributed by atoms with Crippen LogP contribution >= 0.6 is 0 Å². The molecule has 0 atom stereocenters. The molecule has 0 aliphatic rings. The number of para-hydroxylation sites is 1. The Balaban J connectivity index is 1.68. The second-order valence-electron chi connectivity index (χ2n) is 6.08. The molecule has 3 aromatic carbocycles. The summed E-state index contributed by atoms with van der Waals surface area (Å²) in [4.78, 5) is 23.7. The standard InChI is InChI=1S/C24H20O4/c1-27-24(26)21-13-11-18(12-14-21)17-28-23-10-6-5-9-20(23)15-16-22(25)19-7-3-2-4-8-19/h2-16H,17H2,1H3. The first kappa shape index (κ1) is 19.1. The minimum absolute atomic E-state index is 0.0613. The molecule has 0 saturated heterocycles. The lowest BCUT2D eigenvalue weighted by Gasteiger charge is -2.09. The lowest BCUT2D eigenvalue weighted by atomic mass is 10.1. The molecule has 0 saturated carbocycles. The van der Waals surface area contributed by atoms with Crippen molar-refractivity contribution in [3.05, 3.63) is 107 Å². The van der Waals surface area contributed by atoms with E-state index in [0.29, 0.717) is 23.5 Å². The van der Waals surface area contributed by atoms with Crippen LogP contribution in [-0.2, 0) is 11.3 Å². The van der Waals surface area contributed by atoms with E-state index in [1.807, 2.05) is 54.6 Å². The van der Waals surface area contributed by atoms with Crippen LogP contribution in [0, 0.1) is 0 Å². The number of ether oxygens (including phenoxy) is 2. The number of benzene rings is 3. The van der Waals surface area contributed by atoms with E-state index in [1.165, 1.54) is 7.11 Å². The average Bonchev–Trinajstić information content (AvgIpc) is 2.77. The van der Waals surface area contributed by atoms with Crippen molar-refractivity contribution in [1.82, 2.24) is 0 Å². The van der Waals surface area contributed by atoms with E-state index in [9.17, 15) is 9.59 Å². The Labute approximate surface area is 164 Å². The first-order valence-corrected chi connectivity index (χ1v) is 8.84. The van der Waals surface area contributed by atoms with Gasteiger partial charge in [-0.3, -0.25) is 4.79 Å². The van der Waals surface area contributed by atoms with Gasteiger partial charge in [-0.05, 0) is 35.9 Å². The highest BCUT2D eigenvalue weighted by Gasteiger charge is 2.06. The van der Waals surface area contributed by atoms with Crippen molar-refractivity contribution in [3.8, 4) is 5.75 Å². The molecule has 0 bridgehead atoms. The molecule has 0 N–H and O–H groups in total. The smallest absolute Gasteiger partial charge is 0.337 e. The molecule has 0 fully saturated rings. The summed E-state index contributed by atoms with van der Waals surface area (Å²) in [6.07, 6.45) is 3.30. The fourth-order valence-corrected chi connectivity index (χ4v) is 2.63. The summed E-state index contributed by atoms with van der Waals surface area (Å²) >= 11 is 0. The van der Waals surface area contributed by atoms with Gasteiger partial charge in [0.2, 0.25) is 0 Å². The maximum Gasteiger partial charge on any atom is 0.337 e. The SMILES string of the molecule is COC(=O)c1ccc(COc2ccccc2C=CC(=O)c2ccccc2)cc1. The zero-order valence-electron chi connectivity index (χ0n) is 15.5. The second-order valence-corrected chi connectivity index (χ2v) is 6.08. The zero-order valence-corrected chi connectivity index (χ0v) is 15.5. The third-order valence-electron chi connectivity index (χ3n) is 4.16. The number of hydrogen-bond acceptors (Lipinski definition) is 4. The molecular weight excluding hydrogens is 352 g/mol. The zero-order chi connectivity index (χ0) is 19.8. The third kappa shape index (κ3) is 4.95. The molecule has 0 radical (unpaired) electrons. The predicted octanol–water partition coefficient (Wildman–Crippen LogP) is 4.95. The van der Waals surface area contributed by atoms with Gasteiger partial charge in [0.25, 0.3) is 0 Å². The maximum atomic E-state index is 12.3. The van der Waals surface area contributed by atoms with Crippen molar-refractivity contribution >= 4 is 17.8 Å². The Hall–Kier alpha value is -3.66. The summed E-state index contributed by atoms with van der Waals surface area (Å²) in [5.41, 5.74) is 2.88. The fourth-order valence-electron chi connectivity index (χ4n) is 2.63. The minimum atomic E-state index is -0.369. The molecule has 0 aliphatic carbocycles. The maximum absolute atomic E-state index is 12.3. The largest absolute Gasteiger partial charge is 0.488 e. The van der Waals surface area contributed by atoms with Gasteiger partial charge in [0.15, 0.2) is 5.78 Å². The number of rotatable bonds is 7. The van der Waals surface area contributed by atoms with Gasteiger partial charge in [-0.15, -0.1) is 0 Å². The molecule has 0 unspecified atom stereocenters. The van der Waals surface area contributed by atoms with E-state index in [4.69, 9.17) is 9.47 Å². The van der Waals surface area contributed by atoms with Crippen molar-refractivity contribution in [3.63, 3.8) is 0 Å². The molecule has 0 heterocycles. The van der Waals surface area contributed by atoms with Crippen molar-refractivity contribution in [2.45, 2.75) is 6.61 Å². The average molecular weight is 372 g/mol. The Morgan fingerprint density at radius 3 is 2.21 bits per heavy atom. The van der Waals surface area contributed by atoms with Gasteiger partial charge in [-0.2, -0.15) is 0 Å². The van der Waals surface area contributed by atoms with Crippen molar-refractivity contribution in [2.24, 2.45) is 0 Å². The molecule has 0 aliphatic heterocycles. The summed E-state index contributed by atoms with van der Waals surface area (Å²) in [6, 6.07) is 23.7. The van der Waals surface area contributed by atoms with Crippen molar-refractivity contribution in [1.29, 1.82) is 0 Å². The first-order valence-electron chi connectivity index (χ1n) is 8.84. The normalized spacial score (nSPS) is 10.6. The van der Waals surface area contributed by atoms with E-state index in [1.54, 1.807) is 36.4 Å². The van der Waals surface area contributed by atoms with Gasteiger partial charge in [0.1, 0.15) is 12.4 Å². The molecule has 4 nitrogen and oxygen atoms in total.